The Labute approximate surface area is 107 Å². The number of aryl methyl sites for hydroxylation is 1. The van der Waals surface area contributed by atoms with E-state index in [0.717, 1.165) is 16.2 Å². The van der Waals surface area contributed by atoms with Crippen LogP contribution in [0.15, 0.2) is 21.1 Å². The maximum absolute atomic E-state index is 8.66. The van der Waals surface area contributed by atoms with Gasteiger partial charge in [-0.05, 0) is 11.4 Å². The second-order valence-corrected chi connectivity index (χ2v) is 5.02. The van der Waals surface area contributed by atoms with Crippen LogP contribution in [-0.2, 0) is 5.75 Å². The lowest BCUT2D eigenvalue weighted by atomic mass is 10.3. The minimum absolute atomic E-state index is 0.120. The average Bonchev–Trinajstić information content (AvgIpc) is 2.92. The maximum Gasteiger partial charge on any atom is 0.276 e. The molecule has 0 bridgehead atoms. The van der Waals surface area contributed by atoms with E-state index in [9.17, 15) is 0 Å². The van der Waals surface area contributed by atoms with E-state index >= 15 is 0 Å². The third kappa shape index (κ3) is 3.33. The molecule has 0 saturated heterocycles. The van der Waals surface area contributed by atoms with E-state index in [4.69, 9.17) is 9.52 Å². The number of aliphatic hydroxyl groups is 1. The Morgan fingerprint density at radius 3 is 3.12 bits per heavy atom. The molecule has 2 aromatic heterocycles. The molecular formula is C11H10N2O2S2. The number of thioether (sulfide) groups is 1. The van der Waals surface area contributed by atoms with Crippen LogP contribution >= 0.6 is 23.1 Å². The molecule has 2 heterocycles. The molecule has 0 amide bonds. The van der Waals surface area contributed by atoms with E-state index in [1.807, 2.05) is 11.4 Å². The van der Waals surface area contributed by atoms with Crippen molar-refractivity contribution in [3.63, 3.8) is 0 Å². The van der Waals surface area contributed by atoms with Crippen LogP contribution in [0.25, 0.3) is 0 Å². The maximum atomic E-state index is 8.66. The van der Waals surface area contributed by atoms with Crippen LogP contribution < -0.4 is 0 Å². The third-order valence-electron chi connectivity index (χ3n) is 1.88. The van der Waals surface area contributed by atoms with Crippen molar-refractivity contribution in [2.75, 3.05) is 6.61 Å². The summed E-state index contributed by atoms with van der Waals surface area (Å²) < 4.78 is 5.27. The van der Waals surface area contributed by atoms with Crippen LogP contribution in [0.1, 0.15) is 16.3 Å². The summed E-state index contributed by atoms with van der Waals surface area (Å²) in [6, 6.07) is 1.95. The lowest BCUT2D eigenvalue weighted by Gasteiger charge is -1.94. The summed E-state index contributed by atoms with van der Waals surface area (Å²) in [5, 5.41) is 18.9. The predicted molar refractivity (Wildman–Crippen MR) is 66.9 cm³/mol. The Balaban J connectivity index is 2.01. The van der Waals surface area contributed by atoms with E-state index in [1.54, 1.807) is 18.3 Å². The van der Waals surface area contributed by atoms with Gasteiger partial charge in [-0.15, -0.1) is 21.5 Å². The monoisotopic (exact) mass is 266 g/mol. The number of aliphatic hydroxyl groups excluding tert-OH is 1. The average molecular weight is 266 g/mol. The zero-order chi connectivity index (χ0) is 12.1. The lowest BCUT2D eigenvalue weighted by Crippen LogP contribution is -1.81. The SMILES string of the molecule is Cc1nnc(SCc2sccc2C#CCO)o1. The molecular weight excluding hydrogens is 256 g/mol. The van der Waals surface area contributed by atoms with Crippen molar-refractivity contribution >= 4 is 23.1 Å². The fraction of sp³-hybridized carbons (Fsp3) is 0.273. The Kier molecular flexibility index (Phi) is 4.20. The zero-order valence-electron chi connectivity index (χ0n) is 9.14. The standard InChI is InChI=1S/C11H10N2O2S2/c1-8-12-13-11(15-8)17-7-10-9(3-2-5-14)4-6-16-10/h4,6,14H,5,7H2,1H3. The van der Waals surface area contributed by atoms with Gasteiger partial charge in [0.1, 0.15) is 6.61 Å². The first-order valence-electron chi connectivity index (χ1n) is 4.88. The number of rotatable bonds is 3. The Bertz CT molecular complexity index is 551. The molecule has 0 atom stereocenters. The lowest BCUT2D eigenvalue weighted by molar-refractivity contribution is 0.350. The molecule has 0 saturated carbocycles. The van der Waals surface area contributed by atoms with Gasteiger partial charge in [0.2, 0.25) is 5.89 Å². The van der Waals surface area contributed by atoms with Gasteiger partial charge in [-0.3, -0.25) is 0 Å². The van der Waals surface area contributed by atoms with E-state index in [0.29, 0.717) is 11.1 Å². The van der Waals surface area contributed by atoms with Crippen LogP contribution in [0, 0.1) is 18.8 Å². The topological polar surface area (TPSA) is 59.2 Å². The molecule has 0 aliphatic rings. The van der Waals surface area contributed by atoms with E-state index in [-0.39, 0.29) is 6.61 Å². The zero-order valence-corrected chi connectivity index (χ0v) is 10.8. The summed E-state index contributed by atoms with van der Waals surface area (Å²) in [6.07, 6.45) is 0. The van der Waals surface area contributed by atoms with Gasteiger partial charge in [0, 0.05) is 23.1 Å². The fourth-order valence-electron chi connectivity index (χ4n) is 1.16. The van der Waals surface area contributed by atoms with Crippen LogP contribution in [0.3, 0.4) is 0 Å². The summed E-state index contributed by atoms with van der Waals surface area (Å²) in [4.78, 5) is 1.15. The first-order valence-corrected chi connectivity index (χ1v) is 6.75. The molecule has 0 fully saturated rings. The molecule has 0 aliphatic heterocycles. The molecule has 88 valence electrons. The van der Waals surface area contributed by atoms with Crippen molar-refractivity contribution in [2.45, 2.75) is 17.9 Å². The van der Waals surface area contributed by atoms with E-state index < -0.39 is 0 Å². The van der Waals surface area contributed by atoms with Crippen molar-refractivity contribution in [3.8, 4) is 11.8 Å². The third-order valence-corrected chi connectivity index (χ3v) is 3.83. The molecule has 4 nitrogen and oxygen atoms in total. The van der Waals surface area contributed by atoms with Gasteiger partial charge in [0.25, 0.3) is 5.22 Å². The fourth-order valence-corrected chi connectivity index (χ4v) is 2.91. The van der Waals surface area contributed by atoms with Crippen LogP contribution in [0.5, 0.6) is 0 Å². The molecule has 0 aliphatic carbocycles. The van der Waals surface area contributed by atoms with Crippen molar-refractivity contribution in [3.05, 3.63) is 27.8 Å². The normalized spacial score (nSPS) is 10.0. The first-order chi connectivity index (χ1) is 8.29. The number of nitrogens with zero attached hydrogens (tertiary/aromatic N) is 2. The summed E-state index contributed by atoms with van der Waals surface area (Å²) in [6.45, 7) is 1.64. The number of hydrogen-bond acceptors (Lipinski definition) is 6. The highest BCUT2D eigenvalue weighted by Gasteiger charge is 2.07. The van der Waals surface area contributed by atoms with Crippen molar-refractivity contribution in [1.29, 1.82) is 0 Å². The summed E-state index contributed by atoms with van der Waals surface area (Å²) in [7, 11) is 0. The quantitative estimate of drug-likeness (QED) is 0.681. The molecule has 0 spiro atoms. The van der Waals surface area contributed by atoms with Gasteiger partial charge in [-0.25, -0.2) is 0 Å². The van der Waals surface area contributed by atoms with Gasteiger partial charge in [-0.2, -0.15) is 0 Å². The van der Waals surface area contributed by atoms with Crippen molar-refractivity contribution in [1.82, 2.24) is 10.2 Å². The molecule has 0 aromatic carbocycles. The second-order valence-electron chi connectivity index (χ2n) is 3.09. The van der Waals surface area contributed by atoms with Gasteiger partial charge in [-0.1, -0.05) is 23.6 Å². The predicted octanol–water partition coefficient (Wildman–Crippen LogP) is 2.08. The summed E-state index contributed by atoms with van der Waals surface area (Å²) >= 11 is 3.12. The minimum Gasteiger partial charge on any atom is -0.416 e. The molecule has 0 radical (unpaired) electrons. The highest BCUT2D eigenvalue weighted by Crippen LogP contribution is 2.26. The molecule has 2 aromatic rings. The number of hydrogen-bond donors (Lipinski definition) is 1. The second kappa shape index (κ2) is 5.87. The van der Waals surface area contributed by atoms with E-state index in [1.165, 1.54) is 11.8 Å². The largest absolute Gasteiger partial charge is 0.416 e. The van der Waals surface area contributed by atoms with Crippen LogP contribution in [0.4, 0.5) is 0 Å². The minimum atomic E-state index is -0.120. The Hall–Kier alpha value is -1.29. The Morgan fingerprint density at radius 1 is 1.53 bits per heavy atom. The van der Waals surface area contributed by atoms with Crippen molar-refractivity contribution in [2.24, 2.45) is 0 Å². The van der Waals surface area contributed by atoms with E-state index in [2.05, 4.69) is 22.0 Å². The highest BCUT2D eigenvalue weighted by atomic mass is 32.2. The number of aromatic nitrogens is 2. The van der Waals surface area contributed by atoms with Gasteiger partial charge >= 0.3 is 0 Å². The Morgan fingerprint density at radius 2 is 2.41 bits per heavy atom. The molecule has 6 heteroatoms. The number of thiophene rings is 1. The van der Waals surface area contributed by atoms with Gasteiger partial charge in [0.15, 0.2) is 0 Å². The summed E-state index contributed by atoms with van der Waals surface area (Å²) in [5.41, 5.74) is 0.952. The molecule has 2 rings (SSSR count). The van der Waals surface area contributed by atoms with Crippen molar-refractivity contribution < 1.29 is 9.52 Å². The van der Waals surface area contributed by atoms with Crippen LogP contribution in [0.2, 0.25) is 0 Å². The first kappa shape index (κ1) is 12.2. The van der Waals surface area contributed by atoms with Crippen LogP contribution in [-0.4, -0.2) is 21.9 Å². The molecule has 0 unspecified atom stereocenters. The highest BCUT2D eigenvalue weighted by molar-refractivity contribution is 7.98. The van der Waals surface area contributed by atoms with Gasteiger partial charge < -0.3 is 9.52 Å². The molecule has 1 N–H and O–H groups in total. The van der Waals surface area contributed by atoms with Gasteiger partial charge in [0.05, 0.1) is 0 Å². The molecule has 17 heavy (non-hydrogen) atoms. The smallest absolute Gasteiger partial charge is 0.276 e. The summed E-state index contributed by atoms with van der Waals surface area (Å²) in [5.74, 6) is 6.87.